The molecule has 1 unspecified atom stereocenters. The lowest BCUT2D eigenvalue weighted by atomic mass is 10.1. The number of carbonyl (C=O) groups is 1. The van der Waals surface area contributed by atoms with E-state index in [2.05, 4.69) is 16.8 Å². The monoisotopic (exact) mass is 309 g/mol. The van der Waals surface area contributed by atoms with Crippen molar-refractivity contribution in [3.05, 3.63) is 51.3 Å². The van der Waals surface area contributed by atoms with Crippen LogP contribution in [0.5, 0.6) is 0 Å². The summed E-state index contributed by atoms with van der Waals surface area (Å²) in [6, 6.07) is 7.64. The summed E-state index contributed by atoms with van der Waals surface area (Å²) in [4.78, 5) is 13.7. The highest BCUT2D eigenvalue weighted by molar-refractivity contribution is 8.39. The van der Waals surface area contributed by atoms with E-state index in [-0.39, 0.29) is 5.75 Å². The van der Waals surface area contributed by atoms with Gasteiger partial charge in [-0.15, -0.1) is 0 Å². The number of nitrogens with one attached hydrogen (secondary N) is 1. The molecule has 0 aliphatic carbocycles. The van der Waals surface area contributed by atoms with Gasteiger partial charge in [-0.25, -0.2) is 0 Å². The summed E-state index contributed by atoms with van der Waals surface area (Å²) >= 11 is 6.36. The summed E-state index contributed by atoms with van der Waals surface area (Å²) in [6.07, 6.45) is 2.99. The normalized spacial score (nSPS) is 28.1. The van der Waals surface area contributed by atoms with E-state index in [9.17, 15) is 9.90 Å². The molecular weight excluding hydrogens is 294 g/mol. The third-order valence-electron chi connectivity index (χ3n) is 3.72. The Labute approximate surface area is 124 Å². The molecule has 0 bridgehead atoms. The third-order valence-corrected chi connectivity index (χ3v) is 7.96. The largest absolute Gasteiger partial charge is 0.481 e. The van der Waals surface area contributed by atoms with Crippen molar-refractivity contribution in [3.63, 3.8) is 0 Å². The standard InChI is InChI=1S/C15H16ClNO2S/c16-12-3-1-2-4-14(12)20(10-15(18)19)8-6-11-9-17-7-5-13(11)20/h1-4,6,8,17H,5,7,9-10H2,(H,18,19). The highest BCUT2D eigenvalue weighted by Crippen LogP contribution is 2.69. The Bertz CT molecular complexity index is 626. The zero-order valence-electron chi connectivity index (χ0n) is 10.9. The zero-order chi connectivity index (χ0) is 14.2. The van der Waals surface area contributed by atoms with Crippen molar-refractivity contribution >= 4 is 27.6 Å². The number of halogens is 1. The smallest absolute Gasteiger partial charge is 0.312 e. The van der Waals surface area contributed by atoms with E-state index in [0.29, 0.717) is 5.02 Å². The predicted octanol–water partition coefficient (Wildman–Crippen LogP) is 3.36. The fourth-order valence-electron chi connectivity index (χ4n) is 2.89. The van der Waals surface area contributed by atoms with Crippen LogP contribution >= 0.6 is 21.6 Å². The predicted molar refractivity (Wildman–Crippen MR) is 83.5 cm³/mol. The molecule has 0 aromatic heterocycles. The van der Waals surface area contributed by atoms with E-state index < -0.39 is 16.0 Å². The van der Waals surface area contributed by atoms with Gasteiger partial charge in [-0.2, -0.15) is 10.0 Å². The molecule has 2 aliphatic heterocycles. The van der Waals surface area contributed by atoms with Crippen LogP contribution in [0.4, 0.5) is 0 Å². The van der Waals surface area contributed by atoms with Crippen LogP contribution in [0.15, 0.2) is 51.1 Å². The minimum Gasteiger partial charge on any atom is -0.481 e. The first-order valence-electron chi connectivity index (χ1n) is 6.52. The maximum Gasteiger partial charge on any atom is 0.312 e. The van der Waals surface area contributed by atoms with Gasteiger partial charge in [0.05, 0.1) is 10.8 Å². The molecule has 3 nitrogen and oxygen atoms in total. The number of carboxylic acid groups (broad SMARTS) is 1. The lowest BCUT2D eigenvalue weighted by Gasteiger charge is -2.38. The van der Waals surface area contributed by atoms with Gasteiger partial charge in [0.15, 0.2) is 0 Å². The van der Waals surface area contributed by atoms with Crippen molar-refractivity contribution in [3.8, 4) is 0 Å². The first-order chi connectivity index (χ1) is 9.63. The third kappa shape index (κ3) is 2.18. The number of aliphatic carboxylic acids is 1. The highest BCUT2D eigenvalue weighted by Gasteiger charge is 2.37. The minimum atomic E-state index is -1.64. The van der Waals surface area contributed by atoms with Crippen LogP contribution in [0, 0.1) is 0 Å². The fourth-order valence-corrected chi connectivity index (χ4v) is 7.04. The Hall–Kier alpha value is -1.23. The van der Waals surface area contributed by atoms with E-state index in [0.717, 1.165) is 24.4 Å². The molecule has 5 heteroatoms. The van der Waals surface area contributed by atoms with Gasteiger partial charge < -0.3 is 10.4 Å². The van der Waals surface area contributed by atoms with Gasteiger partial charge in [0.1, 0.15) is 0 Å². The molecule has 0 fully saturated rings. The molecular formula is C15H16ClNO2S. The molecule has 1 aromatic rings. The van der Waals surface area contributed by atoms with E-state index in [4.69, 9.17) is 11.6 Å². The summed E-state index contributed by atoms with van der Waals surface area (Å²) in [6.45, 7) is 1.73. The second kappa shape index (κ2) is 5.28. The molecule has 1 aromatic carbocycles. The van der Waals surface area contributed by atoms with Gasteiger partial charge in [-0.3, -0.25) is 4.79 Å². The molecule has 0 radical (unpaired) electrons. The average Bonchev–Trinajstić information content (AvgIpc) is 2.79. The van der Waals surface area contributed by atoms with Gasteiger partial charge in [0.25, 0.3) is 0 Å². The Morgan fingerprint density at radius 1 is 1.40 bits per heavy atom. The van der Waals surface area contributed by atoms with Crippen LogP contribution in [-0.2, 0) is 4.79 Å². The fraction of sp³-hybridized carbons (Fsp3) is 0.267. The average molecular weight is 310 g/mol. The van der Waals surface area contributed by atoms with Crippen LogP contribution in [0.25, 0.3) is 0 Å². The lowest BCUT2D eigenvalue weighted by molar-refractivity contribution is -0.133. The molecule has 2 heterocycles. The number of carboxylic acids is 1. The summed E-state index contributed by atoms with van der Waals surface area (Å²) < 4.78 is 0. The minimum absolute atomic E-state index is 0.131. The lowest BCUT2D eigenvalue weighted by Crippen LogP contribution is -2.25. The van der Waals surface area contributed by atoms with Crippen molar-refractivity contribution < 1.29 is 9.90 Å². The zero-order valence-corrected chi connectivity index (χ0v) is 12.5. The molecule has 106 valence electrons. The first kappa shape index (κ1) is 13.7. The maximum atomic E-state index is 11.4. The van der Waals surface area contributed by atoms with Gasteiger partial charge in [0.2, 0.25) is 0 Å². The number of hydrogen-bond donors (Lipinski definition) is 2. The molecule has 3 rings (SSSR count). The van der Waals surface area contributed by atoms with Gasteiger partial charge in [0, 0.05) is 11.4 Å². The van der Waals surface area contributed by atoms with Crippen molar-refractivity contribution in [1.82, 2.24) is 5.32 Å². The van der Waals surface area contributed by atoms with Crippen molar-refractivity contribution in [2.24, 2.45) is 0 Å². The topological polar surface area (TPSA) is 49.3 Å². The molecule has 1 atom stereocenters. The molecule has 2 N–H and O–H groups in total. The summed E-state index contributed by atoms with van der Waals surface area (Å²) in [5, 5.41) is 15.5. The Morgan fingerprint density at radius 3 is 2.95 bits per heavy atom. The van der Waals surface area contributed by atoms with Gasteiger partial charge in [-0.05, 0) is 41.0 Å². The Balaban J connectivity index is 2.16. The molecule has 0 amide bonds. The number of hydrogen-bond acceptors (Lipinski definition) is 2. The van der Waals surface area contributed by atoms with Crippen molar-refractivity contribution in [2.75, 3.05) is 18.8 Å². The molecule has 20 heavy (non-hydrogen) atoms. The van der Waals surface area contributed by atoms with Crippen LogP contribution in [0.2, 0.25) is 5.02 Å². The molecule has 0 saturated carbocycles. The van der Waals surface area contributed by atoms with E-state index in [1.54, 1.807) is 0 Å². The molecule has 0 saturated heterocycles. The Kier molecular flexibility index (Phi) is 3.63. The van der Waals surface area contributed by atoms with E-state index >= 15 is 0 Å². The van der Waals surface area contributed by atoms with Crippen molar-refractivity contribution in [2.45, 2.75) is 11.3 Å². The second-order valence-corrected chi connectivity index (χ2v) is 8.43. The second-order valence-electron chi connectivity index (χ2n) is 4.94. The van der Waals surface area contributed by atoms with Crippen LogP contribution in [0.3, 0.4) is 0 Å². The Morgan fingerprint density at radius 2 is 2.20 bits per heavy atom. The SMILES string of the molecule is O=C(O)CS1(c2ccccc2Cl)C=CC2=C1CCNC2. The highest BCUT2D eigenvalue weighted by atomic mass is 35.5. The number of rotatable bonds is 3. The summed E-state index contributed by atoms with van der Waals surface area (Å²) in [7, 11) is -1.64. The maximum absolute atomic E-state index is 11.4. The van der Waals surface area contributed by atoms with Crippen LogP contribution in [-0.4, -0.2) is 29.9 Å². The van der Waals surface area contributed by atoms with E-state index in [1.165, 1.54) is 10.5 Å². The van der Waals surface area contributed by atoms with Gasteiger partial charge >= 0.3 is 5.97 Å². The summed E-state index contributed by atoms with van der Waals surface area (Å²) in [5.41, 5.74) is 1.24. The van der Waals surface area contributed by atoms with Crippen LogP contribution in [0.1, 0.15) is 6.42 Å². The quantitative estimate of drug-likeness (QED) is 0.900. The summed E-state index contributed by atoms with van der Waals surface area (Å²) in [5.74, 6) is -0.636. The van der Waals surface area contributed by atoms with Crippen LogP contribution < -0.4 is 5.32 Å². The van der Waals surface area contributed by atoms with E-state index in [1.807, 2.05) is 24.3 Å². The van der Waals surface area contributed by atoms with Gasteiger partial charge in [-0.1, -0.05) is 29.8 Å². The first-order valence-corrected chi connectivity index (χ1v) is 8.76. The number of benzene rings is 1. The molecule has 2 aliphatic rings. The van der Waals surface area contributed by atoms with Crippen molar-refractivity contribution in [1.29, 1.82) is 0 Å². The molecule has 0 spiro atoms.